The molecule has 0 aromatic rings. The second kappa shape index (κ2) is 49.8. The maximum absolute atomic E-state index is 11.7. The van der Waals surface area contributed by atoms with Crippen LogP contribution in [-0.2, 0) is 90.5 Å². The lowest BCUT2D eigenvalue weighted by atomic mass is 9.68. The van der Waals surface area contributed by atoms with Gasteiger partial charge in [-0.05, 0) is 170 Å². The first-order chi connectivity index (χ1) is 50.7. The molecule has 0 aromatic heterocycles. The molecule has 0 radical (unpaired) electrons. The van der Waals surface area contributed by atoms with Gasteiger partial charge in [0.1, 0.15) is 36.3 Å². The van der Waals surface area contributed by atoms with Crippen LogP contribution < -0.4 is 0 Å². The second-order valence-corrected chi connectivity index (χ2v) is 28.7. The van der Waals surface area contributed by atoms with E-state index in [0.717, 1.165) is 100 Å². The smallest absolute Gasteiger partial charge is 0.312 e. The summed E-state index contributed by atoms with van der Waals surface area (Å²) in [6.07, 6.45) is 33.4. The number of hydrogen-bond acceptors (Lipinski definition) is 19. The summed E-state index contributed by atoms with van der Waals surface area (Å²) < 4.78 is 56.1. The number of hydrogen-bond donors (Lipinski definition) is 0. The second-order valence-electron chi connectivity index (χ2n) is 28.7. The molecule has 11 saturated heterocycles. The van der Waals surface area contributed by atoms with Crippen LogP contribution in [0.1, 0.15) is 331 Å². The minimum absolute atomic E-state index is 0.00289. The van der Waals surface area contributed by atoms with Gasteiger partial charge in [0.25, 0.3) is 0 Å². The van der Waals surface area contributed by atoms with Gasteiger partial charge in [-0.25, -0.2) is 0 Å². The van der Waals surface area contributed by atoms with Crippen molar-refractivity contribution in [1.29, 1.82) is 0 Å². The Morgan fingerprint density at radius 3 is 1.49 bits per heavy atom. The van der Waals surface area contributed by atoms with Crippen LogP contribution in [0, 0.1) is 81.8 Å². The Hall–Kier alpha value is -4.20. The summed E-state index contributed by atoms with van der Waals surface area (Å²) in [7, 11) is 0. The number of carbonyl (C=O) groups is 8. The Labute approximate surface area is 630 Å². The van der Waals surface area contributed by atoms with Crippen molar-refractivity contribution >= 4 is 47.6 Å². The van der Waals surface area contributed by atoms with Crippen LogP contribution in [0.4, 0.5) is 0 Å². The number of rotatable bonds is 0. The van der Waals surface area contributed by atoms with Gasteiger partial charge in [-0.3, -0.25) is 38.4 Å². The van der Waals surface area contributed by atoms with E-state index in [1.54, 1.807) is 0 Å². The lowest BCUT2D eigenvalue weighted by molar-refractivity contribution is -0.169. The van der Waals surface area contributed by atoms with Crippen LogP contribution in [-0.4, -0.2) is 130 Å². The van der Waals surface area contributed by atoms with Gasteiger partial charge < -0.3 is 52.1 Å². The van der Waals surface area contributed by atoms with E-state index >= 15 is 0 Å². The van der Waals surface area contributed by atoms with Crippen LogP contribution in [0.5, 0.6) is 0 Å². The molecule has 0 N–H and O–H groups in total. The van der Waals surface area contributed by atoms with E-state index in [4.69, 9.17) is 52.1 Å². The quantitative estimate of drug-likeness (QED) is 0.162. The van der Waals surface area contributed by atoms with E-state index in [0.29, 0.717) is 92.6 Å². The molecule has 22 fully saturated rings. The highest BCUT2D eigenvalue weighted by Crippen LogP contribution is 2.60. The third kappa shape index (κ3) is 24.7. The number of esters is 7. The lowest BCUT2D eigenvalue weighted by Gasteiger charge is -2.37. The van der Waals surface area contributed by atoms with Gasteiger partial charge in [0, 0.05) is 30.6 Å². The summed E-state index contributed by atoms with van der Waals surface area (Å²) in [6, 6.07) is 0. The predicted octanol–water partition coefficient (Wildman–Crippen LogP) is 18.8. The molecule has 22 rings (SSSR count). The highest BCUT2D eigenvalue weighted by Gasteiger charge is 2.59. The maximum Gasteiger partial charge on any atom is 0.312 e. The maximum atomic E-state index is 11.7. The van der Waals surface area contributed by atoms with E-state index in [1.807, 2.05) is 138 Å². The van der Waals surface area contributed by atoms with Crippen molar-refractivity contribution in [3.63, 3.8) is 0 Å². The molecule has 104 heavy (non-hydrogen) atoms. The molecule has 0 aromatic carbocycles. The van der Waals surface area contributed by atoms with Crippen molar-refractivity contribution in [3.8, 4) is 0 Å². The number of carbonyl (C=O) groups excluding carboxylic acids is 8. The molecule has 0 amide bonds. The molecule has 10 bridgehead atoms. The Morgan fingerprint density at radius 2 is 0.942 bits per heavy atom. The molecule has 2 spiro atoms. The first-order valence-electron chi connectivity index (χ1n) is 43.1. The van der Waals surface area contributed by atoms with Gasteiger partial charge in [0.15, 0.2) is 25.3 Å². The highest BCUT2D eigenvalue weighted by atomic mass is 16.8. The van der Waals surface area contributed by atoms with Crippen LogP contribution in [0.25, 0.3) is 0 Å². The number of ether oxygens (including phenoxy) is 11. The third-order valence-corrected chi connectivity index (χ3v) is 23.7. The average Bonchev–Trinajstić information content (AvgIpc) is 1.60. The van der Waals surface area contributed by atoms with Crippen LogP contribution >= 0.6 is 0 Å². The minimum Gasteiger partial charge on any atom is -0.465 e. The number of cyclic esters (lactones) is 3. The molecule has 11 saturated carbocycles. The molecule has 604 valence electrons. The monoisotopic (exact) mass is 1480 g/mol. The van der Waals surface area contributed by atoms with E-state index in [-0.39, 0.29) is 102 Å². The first-order valence-corrected chi connectivity index (χ1v) is 43.1. The van der Waals surface area contributed by atoms with Crippen LogP contribution in [0.3, 0.4) is 0 Å². The molecule has 11 aliphatic carbocycles. The standard InChI is InChI=1S/C11H16O.C10H14O2.C9H14O2.C8H10O2.C7H8O5.2C7H10O2.C6H8O3.10C2H6/c12-11-6-9-2-7-1-8(3-9)5-10(11)4-7;11-9-10(3-4-12-9)6-7-1-2-8(10)5-7;10-8-9(6-7-11-8)4-2-1-3-5-9;9-8-6-2-5-1-4(6)3-7(5)10-8;8-4-1-3-5(12-4)6-7(11-3)10-2-9-6;8-7-6-3-1-2-5(6)4-9-7;8-7-4-5-2-1-3-6(5)9-7;7-6-3-5-4(9-6)1-2-8-5;10*1-2/h7-10H,1-6H2;7-8H,1-6H2;1-7H2;4-7H,1-3H2;3,5-7H,1-2H2;2*5-6H,1-4H2;4-5H,1-3H2;10*1-2H3. The number of fused-ring (bicyclic) bond motifs is 11. The minimum atomic E-state index is -0.326. The van der Waals surface area contributed by atoms with Crippen molar-refractivity contribution in [1.82, 2.24) is 0 Å². The van der Waals surface area contributed by atoms with Crippen molar-refractivity contribution in [2.45, 2.75) is 380 Å². The summed E-state index contributed by atoms with van der Waals surface area (Å²) in [5, 5.41) is 0. The van der Waals surface area contributed by atoms with E-state index in [9.17, 15) is 38.4 Å². The molecular formula is C85H150O19. The van der Waals surface area contributed by atoms with E-state index < -0.39 is 0 Å². The molecule has 19 atom stereocenters. The highest BCUT2D eigenvalue weighted by molar-refractivity contribution is 5.82. The molecule has 22 aliphatic rings. The van der Waals surface area contributed by atoms with Crippen LogP contribution in [0.15, 0.2) is 0 Å². The van der Waals surface area contributed by atoms with Crippen molar-refractivity contribution < 1.29 is 90.5 Å². The first kappa shape index (κ1) is 94.0. The SMILES string of the molecule is CC.CC.CC.CC.CC.CC.CC.CC.CC.CC.O=C1CC2CC3CC(C2)CC1C3.O=C1CC2CCCC2O1.O=C1CC2OC3OCOC3C2O1.O=C1CC2OCCC2O1.O=C1OC2CC3CC2CC13.O=C1OCC2CCCC12.O=C1OCCC12CC1CCC2C1.O=C1OCCC12CCCCC2. The molecular weight excluding hydrogens is 1320 g/mol. The van der Waals surface area contributed by atoms with Gasteiger partial charge >= 0.3 is 41.8 Å². The summed E-state index contributed by atoms with van der Waals surface area (Å²) in [6.45, 7) is 43.0. The molecule has 19 nitrogen and oxygen atoms in total. The number of Topliss-reactive ketones (excluding diaryl/α,β-unsaturated/α-hetero) is 1. The van der Waals surface area contributed by atoms with Gasteiger partial charge in [0.2, 0.25) is 0 Å². The Kier molecular flexibility index (Phi) is 45.0. The summed E-state index contributed by atoms with van der Waals surface area (Å²) >= 11 is 0. The topological polar surface area (TPSA) is 238 Å². The average molecular weight is 1480 g/mol. The Morgan fingerprint density at radius 1 is 0.346 bits per heavy atom. The van der Waals surface area contributed by atoms with Crippen molar-refractivity contribution in [2.24, 2.45) is 81.8 Å². The van der Waals surface area contributed by atoms with Gasteiger partial charge in [-0.2, -0.15) is 0 Å². The zero-order valence-electron chi connectivity index (χ0n) is 69.1. The molecule has 19 heteroatoms. The fourth-order valence-electron chi connectivity index (χ4n) is 19.5. The van der Waals surface area contributed by atoms with Crippen LogP contribution in [0.2, 0.25) is 0 Å². The van der Waals surface area contributed by atoms with Gasteiger partial charge in [-0.15, -0.1) is 0 Å². The summed E-state index contributed by atoms with van der Waals surface area (Å²) in [4.78, 5) is 88.5. The lowest BCUT2D eigenvalue weighted by Crippen LogP contribution is -2.39. The largest absolute Gasteiger partial charge is 0.465 e. The molecule has 19 unspecified atom stereocenters. The Balaban J connectivity index is 0.000000299. The summed E-state index contributed by atoms with van der Waals surface area (Å²) in [5.74, 6) is 8.50. The third-order valence-electron chi connectivity index (χ3n) is 23.7. The van der Waals surface area contributed by atoms with Gasteiger partial charge in [0.05, 0.1) is 68.4 Å². The fourth-order valence-corrected chi connectivity index (χ4v) is 19.5. The Bertz CT molecular complexity index is 2400. The van der Waals surface area contributed by atoms with Gasteiger partial charge in [-0.1, -0.05) is 171 Å². The van der Waals surface area contributed by atoms with E-state index in [1.165, 1.54) is 109 Å². The molecule has 11 heterocycles. The summed E-state index contributed by atoms with van der Waals surface area (Å²) in [5.41, 5.74) is -0.0266. The normalized spacial score (nSPS) is 37.1. The van der Waals surface area contributed by atoms with Crippen molar-refractivity contribution in [3.05, 3.63) is 0 Å². The zero-order chi connectivity index (χ0) is 77.7. The van der Waals surface area contributed by atoms with E-state index in [2.05, 4.69) is 0 Å². The predicted molar refractivity (Wildman–Crippen MR) is 405 cm³/mol. The van der Waals surface area contributed by atoms with Crippen molar-refractivity contribution in [2.75, 3.05) is 33.2 Å². The fraction of sp³-hybridized carbons (Fsp3) is 0.906. The zero-order valence-corrected chi connectivity index (χ0v) is 69.1. The molecule has 11 aliphatic heterocycles. The number of ketones is 1.